The van der Waals surface area contributed by atoms with Gasteiger partial charge < -0.3 is 9.80 Å². The first-order valence-electron chi connectivity index (χ1n) is 10.8. The van der Waals surface area contributed by atoms with Crippen LogP contribution in [0.5, 0.6) is 0 Å². The first-order chi connectivity index (χ1) is 14.9. The number of halogens is 1. The topological polar surface area (TPSA) is 60.9 Å². The van der Waals surface area contributed by atoms with Gasteiger partial charge in [0.1, 0.15) is 5.82 Å². The minimum absolute atomic E-state index is 0.0712. The lowest BCUT2D eigenvalue weighted by Crippen LogP contribution is -2.49. The lowest BCUT2D eigenvalue weighted by atomic mass is 10.1. The third-order valence-corrected chi connectivity index (χ3v) is 7.99. The molecule has 0 bridgehead atoms. The van der Waals surface area contributed by atoms with Gasteiger partial charge in [-0.05, 0) is 49.1 Å². The van der Waals surface area contributed by atoms with Crippen LogP contribution >= 0.6 is 0 Å². The summed E-state index contributed by atoms with van der Waals surface area (Å²) in [7, 11) is -3.41. The first-order valence-corrected chi connectivity index (χ1v) is 12.3. The van der Waals surface area contributed by atoms with Gasteiger partial charge in [0.05, 0.1) is 10.6 Å². The van der Waals surface area contributed by atoms with Crippen molar-refractivity contribution in [3.63, 3.8) is 0 Å². The quantitative estimate of drug-likeness (QED) is 0.686. The summed E-state index contributed by atoms with van der Waals surface area (Å²) in [4.78, 5) is 16.7. The minimum atomic E-state index is -3.41. The van der Waals surface area contributed by atoms with Gasteiger partial charge >= 0.3 is 0 Å². The summed E-state index contributed by atoms with van der Waals surface area (Å²) in [6.07, 6.45) is 2.76. The largest absolute Gasteiger partial charge is 0.366 e. The number of rotatable bonds is 6. The average Bonchev–Trinajstić information content (AvgIpc) is 3.34. The van der Waals surface area contributed by atoms with Crippen LogP contribution in [0.4, 0.5) is 10.1 Å². The molecule has 0 aliphatic carbocycles. The van der Waals surface area contributed by atoms with Crippen LogP contribution in [0.1, 0.15) is 24.8 Å². The number of aryl methyl sites for hydroxylation is 1. The molecule has 0 unspecified atom stereocenters. The Morgan fingerprint density at radius 3 is 2.16 bits per heavy atom. The van der Waals surface area contributed by atoms with Crippen LogP contribution in [0.3, 0.4) is 0 Å². The molecule has 166 valence electrons. The van der Waals surface area contributed by atoms with Crippen molar-refractivity contribution in [3.05, 3.63) is 59.9 Å². The second kappa shape index (κ2) is 9.36. The van der Waals surface area contributed by atoms with Crippen LogP contribution in [0.15, 0.2) is 53.4 Å². The second-order valence-corrected chi connectivity index (χ2v) is 10.0. The van der Waals surface area contributed by atoms with E-state index in [2.05, 4.69) is 0 Å². The van der Waals surface area contributed by atoms with Crippen molar-refractivity contribution < 1.29 is 17.6 Å². The van der Waals surface area contributed by atoms with E-state index in [4.69, 9.17) is 0 Å². The van der Waals surface area contributed by atoms with E-state index in [1.165, 1.54) is 10.4 Å². The maximum atomic E-state index is 14.0. The van der Waals surface area contributed by atoms with E-state index >= 15 is 0 Å². The number of para-hydroxylation sites is 1. The molecule has 31 heavy (non-hydrogen) atoms. The lowest BCUT2D eigenvalue weighted by molar-refractivity contribution is -0.131. The number of carbonyl (C=O) groups is 1. The van der Waals surface area contributed by atoms with E-state index in [0.717, 1.165) is 18.4 Å². The molecule has 2 saturated heterocycles. The second-order valence-electron chi connectivity index (χ2n) is 8.07. The van der Waals surface area contributed by atoms with E-state index in [1.54, 1.807) is 36.4 Å². The normalized spacial score (nSPS) is 17.8. The number of hydrogen-bond acceptors (Lipinski definition) is 4. The number of anilines is 1. The van der Waals surface area contributed by atoms with E-state index in [0.29, 0.717) is 62.7 Å². The molecule has 0 aromatic heterocycles. The van der Waals surface area contributed by atoms with Gasteiger partial charge in [0.25, 0.3) is 0 Å². The third-order valence-electron chi connectivity index (χ3n) is 6.08. The van der Waals surface area contributed by atoms with Crippen molar-refractivity contribution in [2.75, 3.05) is 44.2 Å². The highest BCUT2D eigenvalue weighted by molar-refractivity contribution is 7.89. The van der Waals surface area contributed by atoms with Gasteiger partial charge in [-0.2, -0.15) is 4.31 Å². The van der Waals surface area contributed by atoms with Crippen molar-refractivity contribution >= 4 is 21.6 Å². The van der Waals surface area contributed by atoms with Gasteiger partial charge in [-0.15, -0.1) is 0 Å². The van der Waals surface area contributed by atoms with Gasteiger partial charge in [-0.3, -0.25) is 4.79 Å². The molecule has 0 radical (unpaired) electrons. The van der Waals surface area contributed by atoms with E-state index < -0.39 is 10.0 Å². The molecule has 2 aliphatic rings. The van der Waals surface area contributed by atoms with Gasteiger partial charge in [-0.1, -0.05) is 24.3 Å². The maximum Gasteiger partial charge on any atom is 0.243 e. The number of benzene rings is 2. The highest BCUT2D eigenvalue weighted by Gasteiger charge is 2.27. The Balaban J connectivity index is 1.28. The molecule has 0 atom stereocenters. The molecule has 2 fully saturated rings. The smallest absolute Gasteiger partial charge is 0.243 e. The Bertz CT molecular complexity index is 1010. The first kappa shape index (κ1) is 21.8. The number of carbonyl (C=O) groups excluding carboxylic acids is 1. The molecule has 2 aromatic carbocycles. The zero-order chi connectivity index (χ0) is 21.8. The highest BCUT2D eigenvalue weighted by Crippen LogP contribution is 2.22. The molecular weight excluding hydrogens is 417 g/mol. The van der Waals surface area contributed by atoms with Gasteiger partial charge in [0, 0.05) is 45.7 Å². The van der Waals surface area contributed by atoms with Crippen LogP contribution < -0.4 is 4.90 Å². The summed E-state index contributed by atoms with van der Waals surface area (Å²) in [5, 5.41) is 0. The fraction of sp³-hybridized carbons (Fsp3) is 0.435. The fourth-order valence-corrected chi connectivity index (χ4v) is 5.74. The molecule has 0 saturated carbocycles. The minimum Gasteiger partial charge on any atom is -0.366 e. The predicted octanol–water partition coefficient (Wildman–Crippen LogP) is 2.89. The van der Waals surface area contributed by atoms with Crippen molar-refractivity contribution in [1.29, 1.82) is 0 Å². The Labute approximate surface area is 183 Å². The summed E-state index contributed by atoms with van der Waals surface area (Å²) in [6.45, 7) is 3.53. The summed E-state index contributed by atoms with van der Waals surface area (Å²) < 4.78 is 40.7. The summed E-state index contributed by atoms with van der Waals surface area (Å²) in [5.74, 6) is -0.167. The number of piperazine rings is 1. The summed E-state index contributed by atoms with van der Waals surface area (Å²) in [6, 6.07) is 13.6. The van der Waals surface area contributed by atoms with E-state index in [9.17, 15) is 17.6 Å². The molecule has 4 rings (SSSR count). The van der Waals surface area contributed by atoms with Crippen LogP contribution in [0, 0.1) is 5.82 Å². The standard InChI is InChI=1S/C23H28FN3O3S/c24-21-5-1-2-6-22(21)25-15-17-26(18-16-25)23(28)12-9-19-7-10-20(11-8-19)31(29,30)27-13-3-4-14-27/h1-2,5-8,10-11H,3-4,9,12-18H2. The van der Waals surface area contributed by atoms with Crippen molar-refractivity contribution in [2.24, 2.45) is 0 Å². The monoisotopic (exact) mass is 445 g/mol. The average molecular weight is 446 g/mol. The number of nitrogens with zero attached hydrogens (tertiary/aromatic N) is 3. The molecule has 1 amide bonds. The van der Waals surface area contributed by atoms with Crippen molar-refractivity contribution in [1.82, 2.24) is 9.21 Å². The SMILES string of the molecule is O=C(CCc1ccc(S(=O)(=O)N2CCCC2)cc1)N1CCN(c2ccccc2F)CC1. The van der Waals surface area contributed by atoms with Gasteiger partial charge in [-0.25, -0.2) is 12.8 Å². The molecular formula is C23H28FN3O3S. The molecule has 2 heterocycles. The third kappa shape index (κ3) is 4.91. The molecule has 0 spiro atoms. The lowest BCUT2D eigenvalue weighted by Gasteiger charge is -2.36. The van der Waals surface area contributed by atoms with E-state index in [-0.39, 0.29) is 11.7 Å². The van der Waals surface area contributed by atoms with Gasteiger partial charge in [0.2, 0.25) is 15.9 Å². The molecule has 6 nitrogen and oxygen atoms in total. The number of hydrogen-bond donors (Lipinski definition) is 0. The fourth-order valence-electron chi connectivity index (χ4n) is 4.22. The van der Waals surface area contributed by atoms with Crippen molar-refractivity contribution in [2.45, 2.75) is 30.6 Å². The van der Waals surface area contributed by atoms with Crippen LogP contribution in [0.25, 0.3) is 0 Å². The van der Waals surface area contributed by atoms with E-state index in [1.807, 2.05) is 15.9 Å². The van der Waals surface area contributed by atoms with Crippen LogP contribution in [-0.4, -0.2) is 62.8 Å². The Kier molecular flexibility index (Phi) is 6.57. The molecule has 8 heteroatoms. The predicted molar refractivity (Wildman–Crippen MR) is 118 cm³/mol. The Hall–Kier alpha value is -2.45. The molecule has 2 aromatic rings. The number of sulfonamides is 1. The van der Waals surface area contributed by atoms with Crippen LogP contribution in [-0.2, 0) is 21.2 Å². The molecule has 0 N–H and O–H groups in total. The van der Waals surface area contributed by atoms with Crippen LogP contribution in [0.2, 0.25) is 0 Å². The summed E-state index contributed by atoms with van der Waals surface area (Å²) >= 11 is 0. The zero-order valence-electron chi connectivity index (χ0n) is 17.5. The Morgan fingerprint density at radius 1 is 0.871 bits per heavy atom. The van der Waals surface area contributed by atoms with Crippen molar-refractivity contribution in [3.8, 4) is 0 Å². The number of amides is 1. The van der Waals surface area contributed by atoms with Gasteiger partial charge in [0.15, 0.2) is 0 Å². The highest BCUT2D eigenvalue weighted by atomic mass is 32.2. The molecule has 2 aliphatic heterocycles. The summed E-state index contributed by atoms with van der Waals surface area (Å²) in [5.41, 5.74) is 1.53. The zero-order valence-corrected chi connectivity index (χ0v) is 18.4. The maximum absolute atomic E-state index is 14.0. The Morgan fingerprint density at radius 2 is 1.52 bits per heavy atom.